The maximum Gasteiger partial charge on any atom is 0.291 e. The zero-order valence-corrected chi connectivity index (χ0v) is 16.5. The van der Waals surface area contributed by atoms with Crippen molar-refractivity contribution >= 4 is 39.8 Å². The number of fused-ring (bicyclic) bond motifs is 1. The summed E-state index contributed by atoms with van der Waals surface area (Å²) in [5.41, 5.74) is 1.06. The lowest BCUT2D eigenvalue weighted by atomic mass is 10.2. The number of para-hydroxylation sites is 1. The molecule has 0 fully saturated rings. The van der Waals surface area contributed by atoms with Crippen molar-refractivity contribution in [3.8, 4) is 0 Å². The molecule has 0 aliphatic carbocycles. The highest BCUT2D eigenvalue weighted by molar-refractivity contribution is 7.10. The first-order chi connectivity index (χ1) is 13.1. The van der Waals surface area contributed by atoms with Crippen molar-refractivity contribution in [2.75, 3.05) is 18.4 Å². The largest absolute Gasteiger partial charge is 0.449 e. The average molecular weight is 385 g/mol. The SMILES string of the molecule is CCCN(CCC)C(=O)c1oc2ccccc2c1NC(=O)Cc1cccs1. The molecule has 3 rings (SSSR count). The van der Waals surface area contributed by atoms with Crippen molar-refractivity contribution in [1.82, 2.24) is 4.90 Å². The third kappa shape index (κ3) is 4.39. The second-order valence-electron chi connectivity index (χ2n) is 6.40. The molecule has 2 aromatic heterocycles. The Morgan fingerprint density at radius 2 is 1.81 bits per heavy atom. The molecule has 2 heterocycles. The van der Waals surface area contributed by atoms with Gasteiger partial charge < -0.3 is 14.6 Å². The average Bonchev–Trinajstić information content (AvgIpc) is 3.29. The van der Waals surface area contributed by atoms with Gasteiger partial charge in [-0.25, -0.2) is 0 Å². The molecular formula is C21H24N2O3S. The molecule has 0 spiro atoms. The highest BCUT2D eigenvalue weighted by atomic mass is 32.1. The lowest BCUT2D eigenvalue weighted by Crippen LogP contribution is -2.33. The van der Waals surface area contributed by atoms with Gasteiger partial charge in [-0.3, -0.25) is 9.59 Å². The zero-order chi connectivity index (χ0) is 19.2. The molecule has 0 bridgehead atoms. The van der Waals surface area contributed by atoms with Gasteiger partial charge in [0.1, 0.15) is 11.3 Å². The van der Waals surface area contributed by atoms with Crippen LogP contribution in [0.15, 0.2) is 46.2 Å². The van der Waals surface area contributed by atoms with Crippen LogP contribution in [-0.4, -0.2) is 29.8 Å². The van der Waals surface area contributed by atoms with Crippen LogP contribution >= 0.6 is 11.3 Å². The molecule has 2 amide bonds. The number of rotatable bonds is 8. The number of nitrogens with zero attached hydrogens (tertiary/aromatic N) is 1. The molecular weight excluding hydrogens is 360 g/mol. The number of benzene rings is 1. The minimum Gasteiger partial charge on any atom is -0.449 e. The van der Waals surface area contributed by atoms with Gasteiger partial charge in [0.15, 0.2) is 0 Å². The van der Waals surface area contributed by atoms with E-state index in [2.05, 4.69) is 5.32 Å². The van der Waals surface area contributed by atoms with Gasteiger partial charge >= 0.3 is 0 Å². The Balaban J connectivity index is 1.93. The lowest BCUT2D eigenvalue weighted by Gasteiger charge is -2.20. The number of thiophene rings is 1. The molecule has 5 nitrogen and oxygen atoms in total. The fraction of sp³-hybridized carbons (Fsp3) is 0.333. The first-order valence-corrected chi connectivity index (χ1v) is 10.1. The molecule has 0 saturated heterocycles. The molecule has 0 atom stereocenters. The topological polar surface area (TPSA) is 62.6 Å². The van der Waals surface area contributed by atoms with Crippen LogP contribution in [0.5, 0.6) is 0 Å². The Kier molecular flexibility index (Phi) is 6.29. The summed E-state index contributed by atoms with van der Waals surface area (Å²) in [6, 6.07) is 11.2. The number of carbonyl (C=O) groups is 2. The van der Waals surface area contributed by atoms with Crippen LogP contribution in [0.3, 0.4) is 0 Å². The van der Waals surface area contributed by atoms with Crippen LogP contribution in [0.25, 0.3) is 11.0 Å². The van der Waals surface area contributed by atoms with E-state index in [0.717, 1.165) is 23.1 Å². The number of amides is 2. The van der Waals surface area contributed by atoms with E-state index >= 15 is 0 Å². The van der Waals surface area contributed by atoms with Crippen LogP contribution in [0.4, 0.5) is 5.69 Å². The Bertz CT molecular complexity index is 909. The zero-order valence-electron chi connectivity index (χ0n) is 15.7. The van der Waals surface area contributed by atoms with E-state index in [0.29, 0.717) is 24.4 Å². The minimum absolute atomic E-state index is 0.157. The smallest absolute Gasteiger partial charge is 0.291 e. The third-order valence-corrected chi connectivity index (χ3v) is 5.12. The number of hydrogen-bond donors (Lipinski definition) is 1. The number of hydrogen-bond acceptors (Lipinski definition) is 4. The van der Waals surface area contributed by atoms with E-state index in [9.17, 15) is 9.59 Å². The molecule has 6 heteroatoms. The number of carbonyl (C=O) groups excluding carboxylic acids is 2. The van der Waals surface area contributed by atoms with Gasteiger partial charge in [-0.05, 0) is 36.4 Å². The number of anilines is 1. The van der Waals surface area contributed by atoms with Gasteiger partial charge in [-0.15, -0.1) is 11.3 Å². The molecule has 27 heavy (non-hydrogen) atoms. The lowest BCUT2D eigenvalue weighted by molar-refractivity contribution is -0.115. The van der Waals surface area contributed by atoms with Crippen molar-refractivity contribution in [3.63, 3.8) is 0 Å². The first-order valence-electron chi connectivity index (χ1n) is 9.27. The normalized spacial score (nSPS) is 10.9. The Morgan fingerprint density at radius 1 is 1.07 bits per heavy atom. The fourth-order valence-corrected chi connectivity index (χ4v) is 3.78. The van der Waals surface area contributed by atoms with Crippen LogP contribution in [0.2, 0.25) is 0 Å². The molecule has 0 saturated carbocycles. The summed E-state index contributed by atoms with van der Waals surface area (Å²) in [6.45, 7) is 5.40. The monoisotopic (exact) mass is 384 g/mol. The molecule has 0 unspecified atom stereocenters. The van der Waals surface area contributed by atoms with Gasteiger partial charge in [0, 0.05) is 23.4 Å². The molecule has 0 aliphatic heterocycles. The van der Waals surface area contributed by atoms with Gasteiger partial charge in [0.05, 0.1) is 6.42 Å². The van der Waals surface area contributed by atoms with Crippen LogP contribution in [-0.2, 0) is 11.2 Å². The van der Waals surface area contributed by atoms with E-state index in [4.69, 9.17) is 4.42 Å². The van der Waals surface area contributed by atoms with Crippen molar-refractivity contribution in [2.45, 2.75) is 33.1 Å². The summed E-state index contributed by atoms with van der Waals surface area (Å²) in [6.07, 6.45) is 2.01. The summed E-state index contributed by atoms with van der Waals surface area (Å²) in [5.74, 6) is -0.130. The van der Waals surface area contributed by atoms with Crippen molar-refractivity contribution < 1.29 is 14.0 Å². The Morgan fingerprint density at radius 3 is 2.48 bits per heavy atom. The second-order valence-corrected chi connectivity index (χ2v) is 7.43. The van der Waals surface area contributed by atoms with Crippen molar-refractivity contribution in [1.29, 1.82) is 0 Å². The Hall–Kier alpha value is -2.60. The van der Waals surface area contributed by atoms with E-state index in [1.54, 1.807) is 4.90 Å². The van der Waals surface area contributed by atoms with E-state index < -0.39 is 0 Å². The Labute approximate surface area is 163 Å². The molecule has 0 aliphatic rings. The minimum atomic E-state index is -0.179. The van der Waals surface area contributed by atoms with Gasteiger partial charge in [0.25, 0.3) is 5.91 Å². The van der Waals surface area contributed by atoms with Crippen molar-refractivity contribution in [3.05, 3.63) is 52.4 Å². The summed E-state index contributed by atoms with van der Waals surface area (Å²) in [4.78, 5) is 28.4. The number of nitrogens with one attached hydrogen (secondary N) is 1. The second kappa shape index (κ2) is 8.86. The molecule has 1 aromatic carbocycles. The van der Waals surface area contributed by atoms with E-state index in [1.165, 1.54) is 11.3 Å². The highest BCUT2D eigenvalue weighted by Gasteiger charge is 2.25. The molecule has 0 radical (unpaired) electrons. The fourth-order valence-electron chi connectivity index (χ4n) is 3.07. The highest BCUT2D eigenvalue weighted by Crippen LogP contribution is 2.32. The van der Waals surface area contributed by atoms with Gasteiger partial charge in [0.2, 0.25) is 11.7 Å². The molecule has 142 valence electrons. The first kappa shape index (κ1) is 19.2. The summed E-state index contributed by atoms with van der Waals surface area (Å²) >= 11 is 1.54. The number of furan rings is 1. The van der Waals surface area contributed by atoms with E-state index in [-0.39, 0.29) is 24.0 Å². The van der Waals surface area contributed by atoms with Gasteiger partial charge in [-0.2, -0.15) is 0 Å². The van der Waals surface area contributed by atoms with Gasteiger partial charge in [-0.1, -0.05) is 32.0 Å². The summed E-state index contributed by atoms with van der Waals surface area (Å²) in [7, 11) is 0. The summed E-state index contributed by atoms with van der Waals surface area (Å²) in [5, 5.41) is 5.60. The van der Waals surface area contributed by atoms with Crippen LogP contribution < -0.4 is 5.32 Å². The van der Waals surface area contributed by atoms with Crippen molar-refractivity contribution in [2.24, 2.45) is 0 Å². The van der Waals surface area contributed by atoms with E-state index in [1.807, 2.05) is 55.6 Å². The predicted molar refractivity (Wildman–Crippen MR) is 109 cm³/mol. The third-order valence-electron chi connectivity index (χ3n) is 4.24. The van der Waals surface area contributed by atoms with Crippen LogP contribution in [0.1, 0.15) is 42.1 Å². The summed E-state index contributed by atoms with van der Waals surface area (Å²) < 4.78 is 5.87. The quantitative estimate of drug-likeness (QED) is 0.598. The van der Waals surface area contributed by atoms with Crippen LogP contribution in [0, 0.1) is 0 Å². The molecule has 1 N–H and O–H groups in total. The maximum atomic E-state index is 13.1. The predicted octanol–water partition coefficient (Wildman–Crippen LogP) is 4.94. The standard InChI is InChI=1S/C21H24N2O3S/c1-3-11-23(12-4-2)21(25)20-19(16-9-5-6-10-17(16)26-20)22-18(24)14-15-8-7-13-27-15/h5-10,13H,3-4,11-12,14H2,1-2H3,(H,22,24). The molecule has 3 aromatic rings. The maximum absolute atomic E-state index is 13.1.